The summed E-state index contributed by atoms with van der Waals surface area (Å²) in [5, 5.41) is 0. The summed E-state index contributed by atoms with van der Waals surface area (Å²) in [6, 6.07) is 0. The van der Waals surface area contributed by atoms with Crippen molar-refractivity contribution in [2.75, 3.05) is 19.0 Å². The monoisotopic (exact) mass is 269 g/mol. The van der Waals surface area contributed by atoms with E-state index >= 15 is 0 Å². The Morgan fingerprint density at radius 3 is 2.60 bits per heavy atom. The van der Waals surface area contributed by atoms with Crippen LogP contribution >= 0.6 is 0 Å². The molecule has 0 amide bonds. The Bertz CT molecular complexity index is 730. The van der Waals surface area contributed by atoms with Crippen molar-refractivity contribution in [3.8, 4) is 0 Å². The highest BCUT2D eigenvalue weighted by molar-refractivity contribution is 5.83. The Labute approximate surface area is 116 Å². The zero-order chi connectivity index (χ0) is 14.1. The van der Waals surface area contributed by atoms with Crippen LogP contribution in [0, 0.1) is 6.92 Å². The maximum absolute atomic E-state index is 4.40. The number of anilines is 1. The van der Waals surface area contributed by atoms with Crippen molar-refractivity contribution in [1.82, 2.24) is 29.5 Å². The van der Waals surface area contributed by atoms with E-state index in [1.54, 1.807) is 25.0 Å². The van der Waals surface area contributed by atoms with Crippen LogP contribution in [0.2, 0.25) is 0 Å². The molecule has 7 nitrogen and oxygen atoms in total. The van der Waals surface area contributed by atoms with E-state index in [2.05, 4.69) is 24.9 Å². The Morgan fingerprint density at radius 1 is 1.05 bits per heavy atom. The number of fused-ring (bicyclic) bond motifs is 1. The maximum atomic E-state index is 4.40. The van der Waals surface area contributed by atoms with Gasteiger partial charge in [-0.05, 0) is 6.92 Å². The van der Waals surface area contributed by atoms with Gasteiger partial charge in [-0.1, -0.05) is 0 Å². The normalized spacial score (nSPS) is 10.9. The molecule has 3 aromatic heterocycles. The van der Waals surface area contributed by atoms with E-state index in [0.29, 0.717) is 6.54 Å². The molecule has 0 N–H and O–H groups in total. The van der Waals surface area contributed by atoms with Gasteiger partial charge in [-0.25, -0.2) is 15.0 Å². The quantitative estimate of drug-likeness (QED) is 0.707. The number of aromatic nitrogens is 6. The highest BCUT2D eigenvalue weighted by atomic mass is 15.2. The Hall–Kier alpha value is -2.57. The molecule has 0 unspecified atom stereocenters. The lowest BCUT2D eigenvalue weighted by atomic mass is 10.4. The van der Waals surface area contributed by atoms with Gasteiger partial charge in [-0.15, -0.1) is 0 Å². The molecule has 0 fully saturated rings. The minimum Gasteiger partial charge on any atom is -0.361 e. The smallest absolute Gasteiger partial charge is 0.165 e. The van der Waals surface area contributed by atoms with E-state index in [4.69, 9.17) is 0 Å². The molecular weight excluding hydrogens is 254 g/mol. The summed E-state index contributed by atoms with van der Waals surface area (Å²) in [5.41, 5.74) is 3.37. The molecule has 0 aromatic carbocycles. The molecule has 0 aliphatic heterocycles. The first-order valence-electron chi connectivity index (χ1n) is 6.26. The van der Waals surface area contributed by atoms with E-state index in [1.165, 1.54) is 0 Å². The Kier molecular flexibility index (Phi) is 3.02. The molecule has 7 heteroatoms. The average molecular weight is 269 g/mol. The van der Waals surface area contributed by atoms with Crippen LogP contribution in [-0.2, 0) is 6.54 Å². The fourth-order valence-corrected chi connectivity index (χ4v) is 1.99. The molecule has 0 aliphatic carbocycles. The molecule has 0 spiro atoms. The zero-order valence-electron chi connectivity index (χ0n) is 11.6. The topological polar surface area (TPSA) is 72.6 Å². The van der Waals surface area contributed by atoms with Gasteiger partial charge < -0.3 is 9.47 Å². The second-order valence-corrected chi connectivity index (χ2v) is 4.79. The van der Waals surface area contributed by atoms with Crippen molar-refractivity contribution in [2.45, 2.75) is 13.5 Å². The van der Waals surface area contributed by atoms with E-state index in [0.717, 1.165) is 28.4 Å². The van der Waals surface area contributed by atoms with E-state index in [-0.39, 0.29) is 0 Å². The number of hydrogen-bond acceptors (Lipinski definition) is 6. The van der Waals surface area contributed by atoms with Crippen LogP contribution in [0.4, 0.5) is 5.82 Å². The van der Waals surface area contributed by atoms with Gasteiger partial charge in [0.25, 0.3) is 0 Å². The molecule has 0 atom stereocenters. The van der Waals surface area contributed by atoms with Crippen LogP contribution in [0.15, 0.2) is 25.0 Å². The third-order valence-corrected chi connectivity index (χ3v) is 2.97. The molecule has 3 heterocycles. The minimum absolute atomic E-state index is 0.591. The van der Waals surface area contributed by atoms with Gasteiger partial charge in [0.05, 0.1) is 30.5 Å². The van der Waals surface area contributed by atoms with Crippen LogP contribution in [0.1, 0.15) is 11.4 Å². The van der Waals surface area contributed by atoms with E-state index in [9.17, 15) is 0 Å². The number of nitrogens with zero attached hydrogens (tertiary/aromatic N) is 7. The minimum atomic E-state index is 0.591. The number of rotatable bonds is 3. The largest absolute Gasteiger partial charge is 0.361 e. The molecular formula is C13H15N7. The SMILES string of the molecule is Cc1cnc(Cn2cnc3c(N(C)C)ncnc32)cn1. The third-order valence-electron chi connectivity index (χ3n) is 2.97. The van der Waals surface area contributed by atoms with Crippen molar-refractivity contribution < 1.29 is 0 Å². The molecule has 0 saturated heterocycles. The standard InChI is InChI=1S/C13H15N7/c1-9-4-15-10(5-14-9)6-20-8-18-11-12(19(2)3)16-7-17-13(11)20/h4-5,7-8H,6H2,1-3H3. The van der Waals surface area contributed by atoms with Crippen LogP contribution in [-0.4, -0.2) is 43.6 Å². The van der Waals surface area contributed by atoms with E-state index < -0.39 is 0 Å². The summed E-state index contributed by atoms with van der Waals surface area (Å²) in [4.78, 5) is 23.5. The van der Waals surface area contributed by atoms with Crippen molar-refractivity contribution >= 4 is 17.0 Å². The maximum Gasteiger partial charge on any atom is 0.165 e. The highest BCUT2D eigenvalue weighted by Gasteiger charge is 2.11. The second kappa shape index (κ2) is 4.84. The van der Waals surface area contributed by atoms with Crippen LogP contribution in [0.25, 0.3) is 11.2 Å². The summed E-state index contributed by atoms with van der Waals surface area (Å²) in [5.74, 6) is 0.809. The van der Waals surface area contributed by atoms with Crippen LogP contribution < -0.4 is 4.90 Å². The zero-order valence-corrected chi connectivity index (χ0v) is 11.6. The molecule has 0 aliphatic rings. The lowest BCUT2D eigenvalue weighted by Crippen LogP contribution is -2.11. The molecule has 20 heavy (non-hydrogen) atoms. The predicted molar refractivity (Wildman–Crippen MR) is 75.5 cm³/mol. The summed E-state index contributed by atoms with van der Waals surface area (Å²) < 4.78 is 1.95. The van der Waals surface area contributed by atoms with Gasteiger partial charge in [0, 0.05) is 20.3 Å². The second-order valence-electron chi connectivity index (χ2n) is 4.79. The fraction of sp³-hybridized carbons (Fsp3) is 0.308. The fourth-order valence-electron chi connectivity index (χ4n) is 1.99. The number of imidazole rings is 1. The van der Waals surface area contributed by atoms with Gasteiger partial charge in [0.1, 0.15) is 6.33 Å². The average Bonchev–Trinajstić information content (AvgIpc) is 2.84. The van der Waals surface area contributed by atoms with Crippen molar-refractivity contribution in [3.05, 3.63) is 36.4 Å². The number of aryl methyl sites for hydroxylation is 1. The van der Waals surface area contributed by atoms with Crippen LogP contribution in [0.5, 0.6) is 0 Å². The molecule has 3 rings (SSSR count). The molecule has 0 radical (unpaired) electrons. The van der Waals surface area contributed by atoms with Crippen molar-refractivity contribution in [1.29, 1.82) is 0 Å². The molecule has 0 saturated carbocycles. The summed E-state index contributed by atoms with van der Waals surface area (Å²) >= 11 is 0. The Balaban J connectivity index is 2.00. The van der Waals surface area contributed by atoms with Gasteiger partial charge in [0.15, 0.2) is 17.0 Å². The molecule has 102 valence electrons. The summed E-state index contributed by atoms with van der Waals surface area (Å²) in [7, 11) is 3.87. The first-order valence-corrected chi connectivity index (χ1v) is 6.26. The van der Waals surface area contributed by atoms with Crippen LogP contribution in [0.3, 0.4) is 0 Å². The van der Waals surface area contributed by atoms with Gasteiger partial charge in [0.2, 0.25) is 0 Å². The predicted octanol–water partition coefficient (Wildman–Crippen LogP) is 1.04. The lowest BCUT2D eigenvalue weighted by molar-refractivity contribution is 0.778. The molecule has 0 bridgehead atoms. The summed E-state index contributed by atoms with van der Waals surface area (Å²) in [6.07, 6.45) is 6.84. The van der Waals surface area contributed by atoms with Crippen molar-refractivity contribution in [2.24, 2.45) is 0 Å². The first-order chi connectivity index (χ1) is 9.65. The van der Waals surface area contributed by atoms with E-state index in [1.807, 2.05) is 30.5 Å². The lowest BCUT2D eigenvalue weighted by Gasteiger charge is -2.10. The van der Waals surface area contributed by atoms with Gasteiger partial charge in [-0.2, -0.15) is 0 Å². The van der Waals surface area contributed by atoms with Gasteiger partial charge >= 0.3 is 0 Å². The third kappa shape index (κ3) is 2.18. The Morgan fingerprint density at radius 2 is 1.90 bits per heavy atom. The highest BCUT2D eigenvalue weighted by Crippen LogP contribution is 2.19. The number of hydrogen-bond donors (Lipinski definition) is 0. The van der Waals surface area contributed by atoms with Crippen molar-refractivity contribution in [3.63, 3.8) is 0 Å². The summed E-state index contributed by atoms with van der Waals surface area (Å²) in [6.45, 7) is 2.51. The van der Waals surface area contributed by atoms with Gasteiger partial charge in [-0.3, -0.25) is 9.97 Å². The first kappa shape index (κ1) is 12.5. The molecule has 3 aromatic rings.